The highest BCUT2D eigenvalue weighted by molar-refractivity contribution is 6.39. The summed E-state index contributed by atoms with van der Waals surface area (Å²) in [5.41, 5.74) is 10.8. The van der Waals surface area contributed by atoms with E-state index in [2.05, 4.69) is 31.7 Å². The molecule has 0 saturated carbocycles. The Hall–Kier alpha value is -5.64. The second-order valence-corrected chi connectivity index (χ2v) is 10.7. The van der Waals surface area contributed by atoms with Gasteiger partial charge in [0.25, 0.3) is 11.8 Å². The molecule has 0 unspecified atom stereocenters. The lowest BCUT2D eigenvalue weighted by atomic mass is 10.1. The zero-order valence-electron chi connectivity index (χ0n) is 25.6. The van der Waals surface area contributed by atoms with E-state index in [0.29, 0.717) is 37.5 Å². The van der Waals surface area contributed by atoms with Gasteiger partial charge in [0.05, 0.1) is 11.4 Å². The Bertz CT molecular complexity index is 1490. The lowest BCUT2D eigenvalue weighted by Crippen LogP contribution is -2.37. The fraction of sp³-hybridized carbons (Fsp3) is 0.222. The summed E-state index contributed by atoms with van der Waals surface area (Å²) in [4.78, 5) is 23.2. The van der Waals surface area contributed by atoms with E-state index in [1.54, 1.807) is 0 Å². The van der Waals surface area contributed by atoms with Gasteiger partial charge in [0.2, 0.25) is 0 Å². The maximum atomic E-state index is 11.6. The highest BCUT2D eigenvalue weighted by Gasteiger charge is 2.16. The lowest BCUT2D eigenvalue weighted by molar-refractivity contribution is -0.116. The van der Waals surface area contributed by atoms with Gasteiger partial charge in [-0.15, -0.1) is 0 Å². The summed E-state index contributed by atoms with van der Waals surface area (Å²) in [7, 11) is 0. The number of nitrogens with one attached hydrogen (secondary N) is 4. The topological polar surface area (TPSA) is 125 Å². The number of carbonyl (C=O) groups excluding carboxylic acids is 2. The summed E-state index contributed by atoms with van der Waals surface area (Å²) in [5.74, 6) is 1.41. The molecule has 2 aliphatic heterocycles. The van der Waals surface area contributed by atoms with E-state index in [4.69, 9.17) is 9.47 Å². The number of piperidine rings is 2. The SMILES string of the molecule is O=C1NCCC/C1=N/Nc1ccc(OCc2ccccc2)cc1.O=C1NCCC/C1=N\Nc1ccc(OCc2ccccc2)cc1. The first-order valence-electron chi connectivity index (χ1n) is 15.4. The Balaban J connectivity index is 0.000000181. The molecule has 2 heterocycles. The van der Waals surface area contributed by atoms with Gasteiger partial charge in [0, 0.05) is 13.1 Å². The average molecular weight is 619 g/mol. The van der Waals surface area contributed by atoms with Crippen molar-refractivity contribution < 1.29 is 19.1 Å². The molecule has 46 heavy (non-hydrogen) atoms. The van der Waals surface area contributed by atoms with Crippen LogP contribution in [0.1, 0.15) is 36.8 Å². The first-order valence-corrected chi connectivity index (χ1v) is 15.4. The number of anilines is 2. The summed E-state index contributed by atoms with van der Waals surface area (Å²) >= 11 is 0. The van der Waals surface area contributed by atoms with Crippen LogP contribution in [-0.2, 0) is 22.8 Å². The minimum absolute atomic E-state index is 0.0911. The van der Waals surface area contributed by atoms with Crippen LogP contribution in [0.25, 0.3) is 0 Å². The van der Waals surface area contributed by atoms with Gasteiger partial charge in [0.15, 0.2) is 0 Å². The molecular weight excluding hydrogens is 580 g/mol. The Morgan fingerprint density at radius 3 is 1.30 bits per heavy atom. The third-order valence-corrected chi connectivity index (χ3v) is 7.12. The average Bonchev–Trinajstić information content (AvgIpc) is 3.11. The molecule has 2 saturated heterocycles. The first kappa shape index (κ1) is 31.8. The second kappa shape index (κ2) is 17.0. The number of hydrazone groups is 2. The molecule has 2 aliphatic rings. The van der Waals surface area contributed by atoms with Crippen LogP contribution in [0, 0.1) is 0 Å². The number of benzene rings is 4. The van der Waals surface area contributed by atoms with E-state index in [9.17, 15) is 9.59 Å². The van der Waals surface area contributed by atoms with Gasteiger partial charge in [-0.3, -0.25) is 20.4 Å². The molecule has 236 valence electrons. The zero-order valence-corrected chi connectivity index (χ0v) is 25.6. The van der Waals surface area contributed by atoms with Crippen molar-refractivity contribution in [3.05, 3.63) is 120 Å². The van der Waals surface area contributed by atoms with Crippen molar-refractivity contribution in [2.45, 2.75) is 38.9 Å². The molecular formula is C36H38N6O4. The number of ether oxygens (including phenoxy) is 2. The van der Waals surface area contributed by atoms with Gasteiger partial charge in [-0.2, -0.15) is 10.2 Å². The summed E-state index contributed by atoms with van der Waals surface area (Å²) in [6.07, 6.45) is 3.27. The van der Waals surface area contributed by atoms with Crippen LogP contribution >= 0.6 is 0 Å². The van der Waals surface area contributed by atoms with Crippen molar-refractivity contribution in [2.24, 2.45) is 10.2 Å². The molecule has 2 amide bonds. The number of hydrogen-bond acceptors (Lipinski definition) is 8. The fourth-order valence-electron chi connectivity index (χ4n) is 4.56. The quantitative estimate of drug-likeness (QED) is 0.164. The van der Waals surface area contributed by atoms with Crippen molar-refractivity contribution in [3.8, 4) is 11.5 Å². The van der Waals surface area contributed by atoms with Crippen LogP contribution < -0.4 is 31.0 Å². The molecule has 4 aromatic carbocycles. The van der Waals surface area contributed by atoms with E-state index < -0.39 is 0 Å². The monoisotopic (exact) mass is 618 g/mol. The largest absolute Gasteiger partial charge is 0.489 e. The van der Waals surface area contributed by atoms with Gasteiger partial charge in [0.1, 0.15) is 36.1 Å². The van der Waals surface area contributed by atoms with Crippen LogP contribution in [0.5, 0.6) is 11.5 Å². The number of carbonyl (C=O) groups is 2. The molecule has 2 fully saturated rings. The Labute approximate surface area is 268 Å². The van der Waals surface area contributed by atoms with E-state index in [1.807, 2.05) is 109 Å². The minimum atomic E-state index is -0.0911. The van der Waals surface area contributed by atoms with Gasteiger partial charge in [-0.05, 0) is 85.3 Å². The van der Waals surface area contributed by atoms with E-state index in [1.165, 1.54) is 0 Å². The summed E-state index contributed by atoms with van der Waals surface area (Å²) in [6, 6.07) is 35.1. The molecule has 10 heteroatoms. The van der Waals surface area contributed by atoms with Gasteiger partial charge in [-0.25, -0.2) is 0 Å². The van der Waals surface area contributed by atoms with Gasteiger partial charge in [-0.1, -0.05) is 60.7 Å². The Morgan fingerprint density at radius 1 is 0.543 bits per heavy atom. The molecule has 0 spiro atoms. The minimum Gasteiger partial charge on any atom is -0.489 e. The predicted molar refractivity (Wildman–Crippen MR) is 181 cm³/mol. The molecule has 4 aromatic rings. The standard InChI is InChI=1S/2C18H19N3O2/c2*22-18-17(7-4-12-19-18)21-20-15-8-10-16(11-9-15)23-13-14-5-2-1-3-6-14/h2*1-3,5-6,8-11,20H,4,7,12-13H2,(H,19,22)/b21-17+;21-17-. The van der Waals surface area contributed by atoms with Crippen molar-refractivity contribution in [1.82, 2.24) is 10.6 Å². The normalized spacial score (nSPS) is 16.0. The Morgan fingerprint density at radius 2 is 0.935 bits per heavy atom. The van der Waals surface area contributed by atoms with Crippen molar-refractivity contribution >= 4 is 34.6 Å². The maximum absolute atomic E-state index is 11.6. The Kier molecular flexibility index (Phi) is 11.7. The summed E-state index contributed by atoms with van der Waals surface area (Å²) in [6.45, 7) is 2.53. The van der Waals surface area contributed by atoms with Gasteiger partial charge >= 0.3 is 0 Å². The predicted octanol–water partition coefficient (Wildman–Crippen LogP) is 5.89. The van der Waals surface area contributed by atoms with Crippen molar-refractivity contribution in [3.63, 3.8) is 0 Å². The van der Waals surface area contributed by atoms with Gasteiger partial charge < -0.3 is 20.1 Å². The maximum Gasteiger partial charge on any atom is 0.267 e. The third-order valence-electron chi connectivity index (χ3n) is 7.12. The van der Waals surface area contributed by atoms with E-state index in [-0.39, 0.29) is 11.8 Å². The number of amides is 2. The van der Waals surface area contributed by atoms with Crippen LogP contribution in [0.15, 0.2) is 119 Å². The molecule has 10 nitrogen and oxygen atoms in total. The number of hydrogen-bond donors (Lipinski definition) is 4. The molecule has 0 radical (unpaired) electrons. The van der Waals surface area contributed by atoms with Crippen molar-refractivity contribution in [1.29, 1.82) is 0 Å². The highest BCUT2D eigenvalue weighted by Crippen LogP contribution is 2.19. The van der Waals surface area contributed by atoms with Crippen LogP contribution in [-0.4, -0.2) is 36.3 Å². The van der Waals surface area contributed by atoms with E-state index >= 15 is 0 Å². The second-order valence-electron chi connectivity index (χ2n) is 10.7. The highest BCUT2D eigenvalue weighted by atomic mass is 16.5. The van der Waals surface area contributed by atoms with Crippen molar-refractivity contribution in [2.75, 3.05) is 23.9 Å². The molecule has 0 bridgehead atoms. The van der Waals surface area contributed by atoms with Crippen LogP contribution in [0.4, 0.5) is 11.4 Å². The third kappa shape index (κ3) is 10.2. The smallest absolute Gasteiger partial charge is 0.267 e. The number of nitrogens with zero attached hydrogens (tertiary/aromatic N) is 2. The lowest BCUT2D eigenvalue weighted by Gasteiger charge is -2.13. The molecule has 6 rings (SSSR count). The van der Waals surface area contributed by atoms with Crippen LogP contribution in [0.2, 0.25) is 0 Å². The molecule has 4 N–H and O–H groups in total. The zero-order chi connectivity index (χ0) is 31.8. The fourth-order valence-corrected chi connectivity index (χ4v) is 4.56. The summed E-state index contributed by atoms with van der Waals surface area (Å²) in [5, 5.41) is 13.9. The molecule has 0 aromatic heterocycles. The van der Waals surface area contributed by atoms with Crippen LogP contribution in [0.3, 0.4) is 0 Å². The molecule has 0 atom stereocenters. The number of rotatable bonds is 10. The molecule has 0 aliphatic carbocycles. The van der Waals surface area contributed by atoms with E-state index in [0.717, 1.165) is 59.9 Å². The first-order chi connectivity index (χ1) is 22.6. The summed E-state index contributed by atoms with van der Waals surface area (Å²) < 4.78 is 11.5.